The Kier molecular flexibility index (Phi) is 6.73. The number of hydrogen-bond acceptors (Lipinski definition) is 2. The smallest absolute Gasteiger partial charge is 0.225 e. The SMILES string of the molecule is O=C(NCCC1=CCCCC1)C1CC(=O)N(CCc2ccc(Cl)cc2)C1. The van der Waals surface area contributed by atoms with E-state index in [0.29, 0.717) is 31.1 Å². The van der Waals surface area contributed by atoms with E-state index >= 15 is 0 Å². The summed E-state index contributed by atoms with van der Waals surface area (Å²) in [5, 5.41) is 3.73. The summed E-state index contributed by atoms with van der Waals surface area (Å²) in [5.41, 5.74) is 2.61. The first-order chi connectivity index (χ1) is 12.6. The van der Waals surface area contributed by atoms with E-state index in [0.717, 1.165) is 24.8 Å². The molecule has 3 rings (SSSR count). The molecule has 0 saturated carbocycles. The van der Waals surface area contributed by atoms with Crippen molar-refractivity contribution in [1.82, 2.24) is 10.2 Å². The van der Waals surface area contributed by atoms with Crippen LogP contribution in [0.2, 0.25) is 5.02 Å². The summed E-state index contributed by atoms with van der Waals surface area (Å²) < 4.78 is 0. The third kappa shape index (κ3) is 5.34. The zero-order chi connectivity index (χ0) is 18.4. The van der Waals surface area contributed by atoms with Gasteiger partial charge in [-0.2, -0.15) is 0 Å². The standard InChI is InChI=1S/C21H27ClN2O2/c22-19-8-6-17(7-9-19)11-13-24-15-18(14-20(24)25)21(26)23-12-10-16-4-2-1-3-5-16/h4,6-9,18H,1-3,5,10-15H2,(H,23,26). The number of carbonyl (C=O) groups is 2. The van der Waals surface area contributed by atoms with Crippen LogP contribution in [0.4, 0.5) is 0 Å². The predicted octanol–water partition coefficient (Wildman–Crippen LogP) is 3.74. The van der Waals surface area contributed by atoms with Gasteiger partial charge in [0.05, 0.1) is 5.92 Å². The van der Waals surface area contributed by atoms with Crippen LogP contribution in [0.5, 0.6) is 0 Å². The minimum Gasteiger partial charge on any atom is -0.355 e. The Morgan fingerprint density at radius 1 is 1.19 bits per heavy atom. The van der Waals surface area contributed by atoms with Crippen LogP contribution in [0.25, 0.3) is 0 Å². The molecule has 140 valence electrons. The molecule has 26 heavy (non-hydrogen) atoms. The lowest BCUT2D eigenvalue weighted by molar-refractivity contribution is -0.129. The molecule has 5 heteroatoms. The van der Waals surface area contributed by atoms with Gasteiger partial charge in [0.15, 0.2) is 0 Å². The Balaban J connectivity index is 1.40. The zero-order valence-corrected chi connectivity index (χ0v) is 15.9. The van der Waals surface area contributed by atoms with Gasteiger partial charge in [-0.05, 0) is 56.2 Å². The van der Waals surface area contributed by atoms with Gasteiger partial charge in [0.1, 0.15) is 0 Å². The van der Waals surface area contributed by atoms with Gasteiger partial charge >= 0.3 is 0 Å². The van der Waals surface area contributed by atoms with Crippen LogP contribution in [-0.2, 0) is 16.0 Å². The normalized spacial score (nSPS) is 20.2. The molecule has 2 aliphatic rings. The highest BCUT2D eigenvalue weighted by atomic mass is 35.5. The Bertz CT molecular complexity index is 669. The van der Waals surface area contributed by atoms with Crippen LogP contribution >= 0.6 is 11.6 Å². The van der Waals surface area contributed by atoms with Gasteiger partial charge in [0, 0.05) is 31.1 Å². The van der Waals surface area contributed by atoms with Gasteiger partial charge in [-0.25, -0.2) is 0 Å². The minimum atomic E-state index is -0.215. The van der Waals surface area contributed by atoms with Gasteiger partial charge in [-0.15, -0.1) is 0 Å². The van der Waals surface area contributed by atoms with Crippen molar-refractivity contribution in [2.24, 2.45) is 5.92 Å². The summed E-state index contributed by atoms with van der Waals surface area (Å²) in [5.74, 6) is -0.120. The van der Waals surface area contributed by atoms with Gasteiger partial charge in [-0.3, -0.25) is 9.59 Å². The third-order valence-corrected chi connectivity index (χ3v) is 5.55. The van der Waals surface area contributed by atoms with Crippen molar-refractivity contribution in [3.8, 4) is 0 Å². The number of benzene rings is 1. The van der Waals surface area contributed by atoms with E-state index in [-0.39, 0.29) is 17.7 Å². The second kappa shape index (κ2) is 9.22. The van der Waals surface area contributed by atoms with Crippen LogP contribution < -0.4 is 5.32 Å². The maximum atomic E-state index is 12.4. The first-order valence-corrected chi connectivity index (χ1v) is 9.97. The molecule has 1 N–H and O–H groups in total. The monoisotopic (exact) mass is 374 g/mol. The summed E-state index contributed by atoms with van der Waals surface area (Å²) in [4.78, 5) is 26.4. The van der Waals surface area contributed by atoms with E-state index in [4.69, 9.17) is 11.6 Å². The van der Waals surface area contributed by atoms with Crippen LogP contribution in [-0.4, -0.2) is 36.3 Å². The maximum absolute atomic E-state index is 12.4. The van der Waals surface area contributed by atoms with Crippen LogP contribution in [0, 0.1) is 5.92 Å². The average molecular weight is 375 g/mol. The van der Waals surface area contributed by atoms with Gasteiger partial charge < -0.3 is 10.2 Å². The number of nitrogens with one attached hydrogen (secondary N) is 1. The topological polar surface area (TPSA) is 49.4 Å². The number of hydrogen-bond donors (Lipinski definition) is 1. The quantitative estimate of drug-likeness (QED) is 0.739. The van der Waals surface area contributed by atoms with Crippen molar-refractivity contribution in [2.75, 3.05) is 19.6 Å². The highest BCUT2D eigenvalue weighted by molar-refractivity contribution is 6.30. The van der Waals surface area contributed by atoms with E-state index in [9.17, 15) is 9.59 Å². The van der Waals surface area contributed by atoms with Crippen molar-refractivity contribution >= 4 is 23.4 Å². The van der Waals surface area contributed by atoms with Gasteiger partial charge in [0.25, 0.3) is 0 Å². The molecule has 1 aliphatic heterocycles. The molecule has 1 aromatic rings. The number of allylic oxidation sites excluding steroid dienone is 1. The lowest BCUT2D eigenvalue weighted by atomic mass is 9.97. The Morgan fingerprint density at radius 2 is 2.00 bits per heavy atom. The maximum Gasteiger partial charge on any atom is 0.225 e. The van der Waals surface area contributed by atoms with Crippen molar-refractivity contribution in [1.29, 1.82) is 0 Å². The molecule has 1 aliphatic carbocycles. The number of amides is 2. The number of halogens is 1. The van der Waals surface area contributed by atoms with E-state index in [1.54, 1.807) is 0 Å². The molecule has 1 atom stereocenters. The van der Waals surface area contributed by atoms with E-state index < -0.39 is 0 Å². The van der Waals surface area contributed by atoms with Gasteiger partial charge in [-0.1, -0.05) is 35.4 Å². The van der Waals surface area contributed by atoms with Crippen molar-refractivity contribution in [3.05, 3.63) is 46.5 Å². The largest absolute Gasteiger partial charge is 0.355 e. The number of nitrogens with zero attached hydrogens (tertiary/aromatic N) is 1. The van der Waals surface area contributed by atoms with Crippen LogP contribution in [0.1, 0.15) is 44.1 Å². The number of likely N-dealkylation sites (tertiary alicyclic amines) is 1. The summed E-state index contributed by atoms with van der Waals surface area (Å²) in [7, 11) is 0. The zero-order valence-electron chi connectivity index (χ0n) is 15.2. The lowest BCUT2D eigenvalue weighted by Crippen LogP contribution is -2.34. The van der Waals surface area contributed by atoms with E-state index in [1.165, 1.54) is 24.8 Å². The molecular formula is C21H27ClN2O2. The average Bonchev–Trinajstić information content (AvgIpc) is 3.03. The Hall–Kier alpha value is -1.81. The first-order valence-electron chi connectivity index (χ1n) is 9.59. The summed E-state index contributed by atoms with van der Waals surface area (Å²) in [6.45, 7) is 1.86. The second-order valence-electron chi connectivity index (χ2n) is 7.27. The summed E-state index contributed by atoms with van der Waals surface area (Å²) in [6, 6.07) is 7.68. The van der Waals surface area contributed by atoms with Crippen molar-refractivity contribution in [2.45, 2.75) is 44.9 Å². The highest BCUT2D eigenvalue weighted by Gasteiger charge is 2.33. The van der Waals surface area contributed by atoms with E-state index in [1.807, 2.05) is 29.2 Å². The molecule has 2 amide bonds. The lowest BCUT2D eigenvalue weighted by Gasteiger charge is -2.17. The molecule has 4 nitrogen and oxygen atoms in total. The minimum absolute atomic E-state index is 0.0174. The van der Waals surface area contributed by atoms with Crippen LogP contribution in [0.3, 0.4) is 0 Å². The Morgan fingerprint density at radius 3 is 2.73 bits per heavy atom. The van der Waals surface area contributed by atoms with Gasteiger partial charge in [0.2, 0.25) is 11.8 Å². The molecule has 1 heterocycles. The molecular weight excluding hydrogens is 348 g/mol. The van der Waals surface area contributed by atoms with Crippen LogP contribution in [0.15, 0.2) is 35.9 Å². The predicted molar refractivity (Wildman–Crippen MR) is 104 cm³/mol. The molecule has 1 fully saturated rings. The molecule has 0 bridgehead atoms. The number of rotatable bonds is 7. The fraction of sp³-hybridized carbons (Fsp3) is 0.524. The first kappa shape index (κ1) is 19.0. The molecule has 1 saturated heterocycles. The van der Waals surface area contributed by atoms with E-state index in [2.05, 4.69) is 11.4 Å². The molecule has 0 aromatic heterocycles. The number of carbonyl (C=O) groups excluding carboxylic acids is 2. The molecule has 0 spiro atoms. The second-order valence-corrected chi connectivity index (χ2v) is 7.70. The molecule has 1 aromatic carbocycles. The molecule has 1 unspecified atom stereocenters. The van der Waals surface area contributed by atoms with Crippen molar-refractivity contribution in [3.63, 3.8) is 0 Å². The summed E-state index contributed by atoms with van der Waals surface area (Å²) >= 11 is 5.89. The summed E-state index contributed by atoms with van der Waals surface area (Å²) in [6.07, 6.45) is 9.24. The third-order valence-electron chi connectivity index (χ3n) is 5.30. The Labute approximate surface area is 160 Å². The molecule has 0 radical (unpaired) electrons. The van der Waals surface area contributed by atoms with Crippen molar-refractivity contribution < 1.29 is 9.59 Å². The highest BCUT2D eigenvalue weighted by Crippen LogP contribution is 2.21. The fourth-order valence-corrected chi connectivity index (χ4v) is 3.83. The fourth-order valence-electron chi connectivity index (χ4n) is 3.70.